The minimum Gasteiger partial charge on any atom is -0.241 e. The Morgan fingerprint density at radius 2 is 2.21 bits per heavy atom. The van der Waals surface area contributed by atoms with Gasteiger partial charge in [0.05, 0.1) is 15.2 Å². The van der Waals surface area contributed by atoms with E-state index >= 15 is 0 Å². The Labute approximate surface area is 88.8 Å². The number of benzene rings is 1. The molecule has 0 radical (unpaired) electrons. The molecule has 0 aliphatic heterocycles. The Kier molecular flexibility index (Phi) is 2.82. The van der Waals surface area contributed by atoms with E-state index in [-0.39, 0.29) is 0 Å². The predicted octanol–water partition coefficient (Wildman–Crippen LogP) is 3.95. The molecule has 0 aliphatic rings. The second-order valence-electron chi connectivity index (χ2n) is 3.68. The van der Waals surface area contributed by atoms with Crippen LogP contribution in [0.1, 0.15) is 30.3 Å². The molecule has 0 aliphatic carbocycles. The smallest absolute Gasteiger partial charge is 0.0938 e. The summed E-state index contributed by atoms with van der Waals surface area (Å²) in [4.78, 5) is 4.63. The fourth-order valence-corrected chi connectivity index (χ4v) is 2.51. The summed E-state index contributed by atoms with van der Waals surface area (Å²) in [5.74, 6) is 0. The Morgan fingerprint density at radius 1 is 1.36 bits per heavy atom. The SMILES string of the molecule is CCCCc1nc2cc(C)ccc2s1. The molecule has 1 heterocycles. The summed E-state index contributed by atoms with van der Waals surface area (Å²) in [7, 11) is 0. The normalized spacial score (nSPS) is 11.0. The van der Waals surface area contributed by atoms with Crippen molar-refractivity contribution < 1.29 is 0 Å². The number of hydrogen-bond donors (Lipinski definition) is 0. The summed E-state index contributed by atoms with van der Waals surface area (Å²) < 4.78 is 1.32. The minimum absolute atomic E-state index is 1.13. The molecule has 0 atom stereocenters. The van der Waals surface area contributed by atoms with Crippen molar-refractivity contribution in [1.29, 1.82) is 0 Å². The first-order chi connectivity index (χ1) is 6.79. The second kappa shape index (κ2) is 4.09. The maximum atomic E-state index is 4.63. The molecule has 0 unspecified atom stereocenters. The van der Waals surface area contributed by atoms with Gasteiger partial charge in [-0.25, -0.2) is 4.98 Å². The zero-order chi connectivity index (χ0) is 9.97. The van der Waals surface area contributed by atoms with E-state index < -0.39 is 0 Å². The lowest BCUT2D eigenvalue weighted by atomic mass is 10.2. The third-order valence-corrected chi connectivity index (χ3v) is 3.43. The lowest BCUT2D eigenvalue weighted by Crippen LogP contribution is -1.81. The molecule has 0 bridgehead atoms. The van der Waals surface area contributed by atoms with E-state index in [4.69, 9.17) is 0 Å². The Morgan fingerprint density at radius 3 is 3.00 bits per heavy atom. The van der Waals surface area contributed by atoms with Gasteiger partial charge in [-0.05, 0) is 37.5 Å². The molecule has 0 N–H and O–H groups in total. The highest BCUT2D eigenvalue weighted by molar-refractivity contribution is 7.18. The molecule has 0 saturated heterocycles. The quantitative estimate of drug-likeness (QED) is 0.739. The molecule has 0 fully saturated rings. The molecule has 0 saturated carbocycles. The van der Waals surface area contributed by atoms with Crippen LogP contribution in [-0.2, 0) is 6.42 Å². The molecule has 2 heteroatoms. The number of thiazole rings is 1. The maximum absolute atomic E-state index is 4.63. The summed E-state index contributed by atoms with van der Waals surface area (Å²) in [6.45, 7) is 4.34. The van der Waals surface area contributed by atoms with Gasteiger partial charge in [0.15, 0.2) is 0 Å². The molecule has 1 nitrogen and oxygen atoms in total. The van der Waals surface area contributed by atoms with Gasteiger partial charge in [-0.3, -0.25) is 0 Å². The van der Waals surface area contributed by atoms with Gasteiger partial charge in [-0.2, -0.15) is 0 Å². The molecule has 1 aromatic heterocycles. The van der Waals surface area contributed by atoms with E-state index in [2.05, 4.69) is 37.0 Å². The van der Waals surface area contributed by atoms with Crippen LogP contribution >= 0.6 is 11.3 Å². The van der Waals surface area contributed by atoms with Crippen molar-refractivity contribution in [2.24, 2.45) is 0 Å². The highest BCUT2D eigenvalue weighted by Crippen LogP contribution is 2.23. The number of hydrogen-bond acceptors (Lipinski definition) is 2. The first kappa shape index (κ1) is 9.66. The lowest BCUT2D eigenvalue weighted by molar-refractivity contribution is 0.791. The zero-order valence-electron chi connectivity index (χ0n) is 8.71. The molecule has 0 amide bonds. The van der Waals surface area contributed by atoms with Gasteiger partial charge in [0, 0.05) is 0 Å². The highest BCUT2D eigenvalue weighted by atomic mass is 32.1. The van der Waals surface area contributed by atoms with Crippen LogP contribution in [0.25, 0.3) is 10.2 Å². The van der Waals surface area contributed by atoms with Crippen molar-refractivity contribution in [3.8, 4) is 0 Å². The van der Waals surface area contributed by atoms with E-state index in [1.54, 1.807) is 0 Å². The van der Waals surface area contributed by atoms with E-state index in [0.717, 1.165) is 6.42 Å². The van der Waals surface area contributed by atoms with Crippen molar-refractivity contribution in [3.63, 3.8) is 0 Å². The largest absolute Gasteiger partial charge is 0.241 e. The minimum atomic E-state index is 1.13. The summed E-state index contributed by atoms with van der Waals surface area (Å²) in [6, 6.07) is 6.50. The predicted molar refractivity (Wildman–Crippen MR) is 63.0 cm³/mol. The average Bonchev–Trinajstić information content (AvgIpc) is 2.56. The molecule has 74 valence electrons. The first-order valence-electron chi connectivity index (χ1n) is 5.15. The van der Waals surface area contributed by atoms with Crippen LogP contribution in [0, 0.1) is 6.92 Å². The number of aromatic nitrogens is 1. The molecule has 14 heavy (non-hydrogen) atoms. The topological polar surface area (TPSA) is 12.9 Å². The van der Waals surface area contributed by atoms with Gasteiger partial charge in [-0.15, -0.1) is 11.3 Å². The van der Waals surface area contributed by atoms with Crippen LogP contribution in [0.3, 0.4) is 0 Å². The Bertz CT molecular complexity index is 431. The molecule has 1 aromatic carbocycles. The van der Waals surface area contributed by atoms with Crippen LogP contribution in [-0.4, -0.2) is 4.98 Å². The van der Waals surface area contributed by atoms with Crippen molar-refractivity contribution in [2.75, 3.05) is 0 Å². The first-order valence-corrected chi connectivity index (χ1v) is 5.97. The maximum Gasteiger partial charge on any atom is 0.0938 e. The van der Waals surface area contributed by atoms with Gasteiger partial charge in [0.25, 0.3) is 0 Å². The fraction of sp³-hybridized carbons (Fsp3) is 0.417. The summed E-state index contributed by atoms with van der Waals surface area (Å²) in [5.41, 5.74) is 2.46. The third-order valence-electron chi connectivity index (χ3n) is 2.33. The van der Waals surface area contributed by atoms with Gasteiger partial charge in [0.1, 0.15) is 0 Å². The van der Waals surface area contributed by atoms with Gasteiger partial charge < -0.3 is 0 Å². The van der Waals surface area contributed by atoms with Crippen molar-refractivity contribution in [1.82, 2.24) is 4.98 Å². The van der Waals surface area contributed by atoms with Crippen molar-refractivity contribution in [3.05, 3.63) is 28.8 Å². The molecule has 2 rings (SSSR count). The fourth-order valence-electron chi connectivity index (χ4n) is 1.52. The zero-order valence-corrected chi connectivity index (χ0v) is 9.53. The number of fused-ring (bicyclic) bond motifs is 1. The molecular weight excluding hydrogens is 190 g/mol. The van der Waals surface area contributed by atoms with E-state index in [0.29, 0.717) is 0 Å². The van der Waals surface area contributed by atoms with E-state index in [9.17, 15) is 0 Å². The molecule has 0 spiro atoms. The summed E-state index contributed by atoms with van der Waals surface area (Å²) >= 11 is 1.83. The van der Waals surface area contributed by atoms with Crippen molar-refractivity contribution in [2.45, 2.75) is 33.1 Å². The van der Waals surface area contributed by atoms with Gasteiger partial charge >= 0.3 is 0 Å². The molecular formula is C12H15NS. The number of nitrogens with zero attached hydrogens (tertiary/aromatic N) is 1. The third kappa shape index (κ3) is 1.95. The van der Waals surface area contributed by atoms with Gasteiger partial charge in [-0.1, -0.05) is 19.4 Å². The van der Waals surface area contributed by atoms with E-state index in [1.165, 1.54) is 33.6 Å². The standard InChI is InChI=1S/C12H15NS/c1-3-4-5-12-13-10-8-9(2)6-7-11(10)14-12/h6-8H,3-5H2,1-2H3. The Hall–Kier alpha value is -0.890. The highest BCUT2D eigenvalue weighted by Gasteiger charge is 2.02. The summed E-state index contributed by atoms with van der Waals surface area (Å²) in [5, 5.41) is 1.28. The average molecular weight is 205 g/mol. The van der Waals surface area contributed by atoms with Gasteiger partial charge in [0.2, 0.25) is 0 Å². The van der Waals surface area contributed by atoms with Crippen LogP contribution < -0.4 is 0 Å². The second-order valence-corrected chi connectivity index (χ2v) is 4.80. The van der Waals surface area contributed by atoms with Crippen molar-refractivity contribution >= 4 is 21.6 Å². The van der Waals surface area contributed by atoms with Crippen LogP contribution in [0.4, 0.5) is 0 Å². The van der Waals surface area contributed by atoms with E-state index in [1.807, 2.05) is 11.3 Å². The Balaban J connectivity index is 2.32. The number of aryl methyl sites for hydroxylation is 2. The number of rotatable bonds is 3. The van der Waals surface area contributed by atoms with Crippen LogP contribution in [0.2, 0.25) is 0 Å². The number of unbranched alkanes of at least 4 members (excludes halogenated alkanes) is 1. The van der Waals surface area contributed by atoms with Crippen LogP contribution in [0.15, 0.2) is 18.2 Å². The summed E-state index contributed by atoms with van der Waals surface area (Å²) in [6.07, 6.45) is 3.63. The lowest BCUT2D eigenvalue weighted by Gasteiger charge is -1.89. The van der Waals surface area contributed by atoms with Crippen LogP contribution in [0.5, 0.6) is 0 Å². The molecule has 2 aromatic rings. The monoisotopic (exact) mass is 205 g/mol.